The van der Waals surface area contributed by atoms with Crippen LogP contribution in [0.5, 0.6) is 0 Å². The molecular weight excluding hydrogens is 1030 g/mol. The molecule has 6 aromatic heterocycles. The van der Waals surface area contributed by atoms with Crippen LogP contribution in [0.25, 0.3) is 33.5 Å². The summed E-state index contributed by atoms with van der Waals surface area (Å²) < 4.78 is 71.6. The number of imidazole rings is 3. The molecule has 9 heterocycles. The van der Waals surface area contributed by atoms with E-state index in [-0.39, 0.29) is 39.8 Å². The van der Waals surface area contributed by atoms with Crippen molar-refractivity contribution in [2.45, 2.75) is 121 Å². The van der Waals surface area contributed by atoms with Gasteiger partial charge in [0, 0.05) is 27.7 Å². The fourth-order valence-corrected chi connectivity index (χ4v) is 8.73. The highest BCUT2D eigenvalue weighted by molar-refractivity contribution is 6.34. The maximum Gasteiger partial charge on any atom is 0.303 e. The number of aromatic nitrogens is 12. The molecule has 0 aromatic carbocycles. The van der Waals surface area contributed by atoms with Crippen molar-refractivity contribution in [2.75, 3.05) is 19.8 Å². The number of esters is 4. The molecule has 0 saturated carbocycles. The van der Waals surface area contributed by atoms with Crippen molar-refractivity contribution in [3.63, 3.8) is 0 Å². The zero-order chi connectivity index (χ0) is 52.6. The topological polar surface area (TPSA) is 324 Å². The van der Waals surface area contributed by atoms with E-state index < -0.39 is 103 Å². The Labute approximate surface area is 419 Å². The van der Waals surface area contributed by atoms with Gasteiger partial charge in [-0.15, -0.1) is 0 Å². The molecule has 3 aliphatic heterocycles. The summed E-state index contributed by atoms with van der Waals surface area (Å²) in [6.45, 7) is 7.76. The molecule has 3 fully saturated rings. The van der Waals surface area contributed by atoms with Crippen molar-refractivity contribution in [1.29, 1.82) is 0 Å². The first-order chi connectivity index (χ1) is 33.9. The van der Waals surface area contributed by atoms with Crippen molar-refractivity contribution >= 4 is 92.2 Å². The predicted octanol–water partition coefficient (Wildman–Crippen LogP) is 2.68. The highest BCUT2D eigenvalue weighted by atomic mass is 35.5. The Morgan fingerprint density at radius 2 is 0.944 bits per heavy atom. The van der Waals surface area contributed by atoms with E-state index in [1.807, 2.05) is 0 Å². The van der Waals surface area contributed by atoms with Gasteiger partial charge in [0.25, 0.3) is 0 Å². The van der Waals surface area contributed by atoms with Gasteiger partial charge in [-0.1, -0.05) is 34.8 Å². The van der Waals surface area contributed by atoms with E-state index in [9.17, 15) is 33.8 Å². The molecule has 0 spiro atoms. The third-order valence-corrected chi connectivity index (χ3v) is 12.3. The molecule has 9 rings (SSSR count). The molecule has 0 amide bonds. The number of aliphatic hydroxyl groups excluding tert-OH is 2. The van der Waals surface area contributed by atoms with Gasteiger partial charge in [0.2, 0.25) is 0 Å². The average Bonchev–Trinajstić information content (AvgIpc) is 4.16. The van der Waals surface area contributed by atoms with Gasteiger partial charge in [0.15, 0.2) is 74.6 Å². The van der Waals surface area contributed by atoms with Crippen molar-refractivity contribution in [2.24, 2.45) is 0 Å². The molecule has 388 valence electrons. The molecule has 3 unspecified atom stereocenters. The standard InChI is InChI=1S/C15H16ClFN4O5.C15H17ClN4O6.C11H12ClFN4O3/c1-7(22)24-4-9-11(25-8(2)23)15(3,17)14(26-9)21-6-20-10-12(16)18-5-19-13(10)21;1-7(21)24-4-9-11(25-8(2)22)15(3,23)14(26-9)20-6-19-10-12(16)17-5-18-13(10)20;1-11(13)7(19)5(2-18)20-10(11)17-4-16-6-8(12)14-3-15-9(6)17/h5-6,9,11,14H,4H2,1-3H3;5-6,9,11,14,23H,4H2,1-3H3;3-5,7,10,18-19H,2H2,1H3/t2*9-,11+,14-,15?;5-,7+,10-,11?/m111/s1. The minimum atomic E-state index is -2.15. The zero-order valence-corrected chi connectivity index (χ0v) is 41.1. The molecule has 0 aliphatic carbocycles. The fourth-order valence-electron chi connectivity index (χ4n) is 8.19. The van der Waals surface area contributed by atoms with Gasteiger partial charge >= 0.3 is 23.9 Å². The molecule has 3 saturated heterocycles. The third-order valence-electron chi connectivity index (χ3n) is 11.5. The van der Waals surface area contributed by atoms with Gasteiger partial charge in [-0.3, -0.25) is 32.9 Å². The van der Waals surface area contributed by atoms with Crippen LogP contribution in [0.1, 0.15) is 67.1 Å². The summed E-state index contributed by atoms with van der Waals surface area (Å²) in [6.07, 6.45) is -2.38. The zero-order valence-electron chi connectivity index (χ0n) is 38.9. The minimum Gasteiger partial charge on any atom is -0.463 e. The molecule has 12 atom stereocenters. The second-order valence-electron chi connectivity index (χ2n) is 16.9. The summed E-state index contributed by atoms with van der Waals surface area (Å²) in [5.74, 6) is -2.37. The number of hydrogen-bond donors (Lipinski definition) is 3. The Bertz CT molecular complexity index is 2840. The van der Waals surface area contributed by atoms with Crippen LogP contribution in [0.2, 0.25) is 15.5 Å². The first-order valence-electron chi connectivity index (χ1n) is 21.4. The second-order valence-corrected chi connectivity index (χ2v) is 17.9. The Balaban J connectivity index is 0.000000160. The van der Waals surface area contributed by atoms with E-state index in [1.54, 1.807) is 0 Å². The molecule has 6 aromatic rings. The molecular formula is C41H45Cl3F2N12O14. The average molecular weight is 1070 g/mol. The van der Waals surface area contributed by atoms with Crippen LogP contribution in [0, 0.1) is 0 Å². The van der Waals surface area contributed by atoms with E-state index >= 15 is 4.39 Å². The van der Waals surface area contributed by atoms with Gasteiger partial charge in [-0.25, -0.2) is 53.6 Å². The SMILES string of the molecule is CC(=O)OC[C@H]1O[C@@H](n2cnc3c(Cl)ncnc32)C(C)(F)[C@H]1OC(C)=O.CC(=O)OC[C@H]1O[C@@H](n2cnc3c(Cl)ncnc32)C(C)(O)[C@H]1OC(C)=O.CC1(F)[C@@H](O)[C@@H](CO)O[C@H]1n1cnc2c(Cl)ncnc21. The lowest BCUT2D eigenvalue weighted by Crippen LogP contribution is -2.47. The second kappa shape index (κ2) is 21.2. The van der Waals surface area contributed by atoms with E-state index in [4.69, 9.17) is 73.1 Å². The summed E-state index contributed by atoms with van der Waals surface area (Å²) in [7, 11) is 0. The number of aliphatic hydroxyl groups is 3. The Morgan fingerprint density at radius 1 is 0.583 bits per heavy atom. The molecule has 0 radical (unpaired) electrons. The summed E-state index contributed by atoms with van der Waals surface area (Å²) >= 11 is 17.9. The van der Waals surface area contributed by atoms with E-state index in [0.717, 1.165) is 6.92 Å². The van der Waals surface area contributed by atoms with Crippen LogP contribution in [-0.4, -0.2) is 171 Å². The van der Waals surface area contributed by atoms with Gasteiger partial charge in [0.1, 0.15) is 78.8 Å². The van der Waals surface area contributed by atoms with E-state index in [1.165, 1.54) is 93.2 Å². The molecule has 72 heavy (non-hydrogen) atoms. The van der Waals surface area contributed by atoms with Crippen LogP contribution >= 0.6 is 34.8 Å². The predicted molar refractivity (Wildman–Crippen MR) is 240 cm³/mol. The maximum atomic E-state index is 15.6. The van der Waals surface area contributed by atoms with Crippen molar-refractivity contribution in [3.05, 3.63) is 53.4 Å². The summed E-state index contributed by atoms with van der Waals surface area (Å²) in [6, 6.07) is 0. The lowest BCUT2D eigenvalue weighted by atomic mass is 9.96. The molecule has 31 heteroatoms. The first kappa shape index (κ1) is 53.8. The largest absolute Gasteiger partial charge is 0.463 e. The van der Waals surface area contributed by atoms with E-state index in [0.29, 0.717) is 22.3 Å². The quantitative estimate of drug-likeness (QED) is 0.101. The van der Waals surface area contributed by atoms with Gasteiger partial charge in [0.05, 0.1) is 25.6 Å². The number of hydrogen-bond acceptors (Lipinski definition) is 23. The number of carbonyl (C=O) groups excluding carboxylic acids is 4. The number of nitrogens with zero attached hydrogens (tertiary/aromatic N) is 12. The van der Waals surface area contributed by atoms with Crippen molar-refractivity contribution in [3.8, 4) is 0 Å². The third kappa shape index (κ3) is 10.6. The monoisotopic (exact) mass is 1070 g/mol. The number of halogens is 5. The van der Waals surface area contributed by atoms with Crippen LogP contribution in [0.4, 0.5) is 8.78 Å². The van der Waals surface area contributed by atoms with Gasteiger partial charge in [-0.05, 0) is 20.8 Å². The Kier molecular flexibility index (Phi) is 15.9. The molecule has 3 N–H and O–H groups in total. The van der Waals surface area contributed by atoms with Crippen LogP contribution < -0.4 is 0 Å². The Morgan fingerprint density at radius 3 is 1.33 bits per heavy atom. The van der Waals surface area contributed by atoms with Gasteiger partial charge < -0.3 is 48.5 Å². The Hall–Kier alpha value is -5.98. The number of ether oxygens (including phenoxy) is 7. The number of rotatable bonds is 10. The normalized spacial score (nSPS) is 29.8. The van der Waals surface area contributed by atoms with Crippen LogP contribution in [0.15, 0.2) is 38.0 Å². The lowest BCUT2D eigenvalue weighted by molar-refractivity contribution is -0.163. The highest BCUT2D eigenvalue weighted by Crippen LogP contribution is 2.46. The van der Waals surface area contributed by atoms with Crippen LogP contribution in [-0.2, 0) is 52.3 Å². The molecule has 3 aliphatic rings. The maximum absolute atomic E-state index is 15.6. The highest BCUT2D eigenvalue weighted by Gasteiger charge is 2.59. The lowest BCUT2D eigenvalue weighted by Gasteiger charge is -2.29. The van der Waals surface area contributed by atoms with Gasteiger partial charge in [-0.2, -0.15) is 0 Å². The number of carbonyl (C=O) groups is 4. The summed E-state index contributed by atoms with van der Waals surface area (Å²) in [5.41, 5.74) is -4.08. The fraction of sp³-hybridized carbons (Fsp3) is 0.537. The van der Waals surface area contributed by atoms with Crippen molar-refractivity contribution < 1.29 is 76.4 Å². The van der Waals surface area contributed by atoms with Crippen molar-refractivity contribution in [1.82, 2.24) is 58.6 Å². The summed E-state index contributed by atoms with van der Waals surface area (Å²) in [5, 5.41) is 30.4. The molecule has 0 bridgehead atoms. The van der Waals surface area contributed by atoms with Crippen LogP contribution in [0.3, 0.4) is 0 Å². The number of alkyl halides is 2. The summed E-state index contributed by atoms with van der Waals surface area (Å²) in [4.78, 5) is 81.0. The molecule has 26 nitrogen and oxygen atoms in total. The smallest absolute Gasteiger partial charge is 0.303 e. The first-order valence-corrected chi connectivity index (χ1v) is 22.5. The minimum absolute atomic E-state index is 0.111. The van der Waals surface area contributed by atoms with E-state index in [2.05, 4.69) is 44.9 Å². The number of fused-ring (bicyclic) bond motifs is 3.